The number of carboxylic acids is 1. The van der Waals surface area contributed by atoms with E-state index in [0.29, 0.717) is 4.90 Å². The van der Waals surface area contributed by atoms with Gasteiger partial charge in [-0.2, -0.15) is 26.3 Å². The number of carboxylic acid groups (broad SMARTS) is 1. The van der Waals surface area contributed by atoms with E-state index in [-0.39, 0.29) is 0 Å². The summed E-state index contributed by atoms with van der Waals surface area (Å²) in [6, 6.07) is -3.63. The zero-order chi connectivity index (χ0) is 19.7. The Kier molecular flexibility index (Phi) is 5.96. The average Bonchev–Trinajstić information content (AvgIpc) is 2.87. The highest BCUT2D eigenvalue weighted by atomic mass is 19.4. The first kappa shape index (κ1) is 21.0. The summed E-state index contributed by atoms with van der Waals surface area (Å²) in [4.78, 5) is 34.9. The van der Waals surface area contributed by atoms with Crippen LogP contribution in [0.15, 0.2) is 0 Å². The molecule has 1 saturated heterocycles. The maximum absolute atomic E-state index is 12.8. The molecule has 3 atom stereocenters. The molecule has 1 fully saturated rings. The molecule has 0 bridgehead atoms. The van der Waals surface area contributed by atoms with Crippen LogP contribution in [0, 0.1) is 11.8 Å². The second-order valence-electron chi connectivity index (χ2n) is 6.01. The van der Waals surface area contributed by atoms with Gasteiger partial charge in [0.15, 0.2) is 0 Å². The monoisotopic (exact) mass is 378 g/mol. The SMILES string of the molecule is CC(C)C(NC(=O)C(F)(F)F)C(=O)N1C[C@H](C(F)(F)F)C[C@H]1C(=O)O. The molecule has 1 aliphatic rings. The van der Waals surface area contributed by atoms with Gasteiger partial charge in [0.25, 0.3) is 0 Å². The summed E-state index contributed by atoms with van der Waals surface area (Å²) in [7, 11) is 0. The largest absolute Gasteiger partial charge is 0.480 e. The maximum atomic E-state index is 12.8. The summed E-state index contributed by atoms with van der Waals surface area (Å²) < 4.78 is 75.5. The number of hydrogen-bond acceptors (Lipinski definition) is 3. The van der Waals surface area contributed by atoms with Crippen LogP contribution in [0.1, 0.15) is 20.3 Å². The van der Waals surface area contributed by atoms with Gasteiger partial charge in [0.2, 0.25) is 5.91 Å². The fourth-order valence-corrected chi connectivity index (χ4v) is 2.47. The van der Waals surface area contributed by atoms with Crippen molar-refractivity contribution in [3.8, 4) is 0 Å². The van der Waals surface area contributed by atoms with Gasteiger partial charge >= 0.3 is 24.2 Å². The summed E-state index contributed by atoms with van der Waals surface area (Å²) in [5.41, 5.74) is 0. The summed E-state index contributed by atoms with van der Waals surface area (Å²) >= 11 is 0. The second kappa shape index (κ2) is 7.08. The number of aliphatic carboxylic acids is 1. The van der Waals surface area contributed by atoms with Crippen LogP contribution in [-0.4, -0.2) is 58.8 Å². The van der Waals surface area contributed by atoms with Crippen LogP contribution in [-0.2, 0) is 14.4 Å². The number of amides is 2. The van der Waals surface area contributed by atoms with Crippen molar-refractivity contribution in [2.45, 2.75) is 44.7 Å². The van der Waals surface area contributed by atoms with Gasteiger partial charge < -0.3 is 15.3 Å². The summed E-state index contributed by atoms with van der Waals surface area (Å²) in [5, 5.41) is 10.4. The summed E-state index contributed by atoms with van der Waals surface area (Å²) in [6.45, 7) is 1.54. The Hall–Kier alpha value is -2.01. The zero-order valence-electron chi connectivity index (χ0n) is 13.1. The fourth-order valence-electron chi connectivity index (χ4n) is 2.47. The lowest BCUT2D eigenvalue weighted by molar-refractivity contribution is -0.176. The molecule has 2 N–H and O–H groups in total. The fraction of sp³-hybridized carbons (Fsp3) is 0.769. The van der Waals surface area contributed by atoms with E-state index in [2.05, 4.69) is 0 Å². The van der Waals surface area contributed by atoms with E-state index in [1.54, 1.807) is 0 Å². The van der Waals surface area contributed by atoms with Crippen molar-refractivity contribution in [1.82, 2.24) is 10.2 Å². The Morgan fingerprint density at radius 2 is 1.64 bits per heavy atom. The van der Waals surface area contributed by atoms with Gasteiger partial charge in [-0.3, -0.25) is 9.59 Å². The molecule has 2 amide bonds. The van der Waals surface area contributed by atoms with Gasteiger partial charge in [-0.1, -0.05) is 13.8 Å². The van der Waals surface area contributed by atoms with E-state index >= 15 is 0 Å². The molecule has 1 heterocycles. The molecule has 12 heteroatoms. The Bertz CT molecular complexity index is 546. The van der Waals surface area contributed by atoms with Crippen molar-refractivity contribution < 1.29 is 45.8 Å². The Morgan fingerprint density at radius 1 is 1.12 bits per heavy atom. The number of carbonyl (C=O) groups is 3. The van der Waals surface area contributed by atoms with Crippen LogP contribution in [0.25, 0.3) is 0 Å². The number of alkyl halides is 6. The molecular weight excluding hydrogens is 362 g/mol. The van der Waals surface area contributed by atoms with Crippen LogP contribution in [0.3, 0.4) is 0 Å². The van der Waals surface area contributed by atoms with Gasteiger partial charge in [-0.15, -0.1) is 0 Å². The van der Waals surface area contributed by atoms with E-state index in [4.69, 9.17) is 5.11 Å². The third-order valence-corrected chi connectivity index (χ3v) is 3.81. The topological polar surface area (TPSA) is 86.7 Å². The first-order chi connectivity index (χ1) is 11.2. The first-order valence-electron chi connectivity index (χ1n) is 7.14. The van der Waals surface area contributed by atoms with E-state index < -0.39 is 67.0 Å². The van der Waals surface area contributed by atoms with Crippen molar-refractivity contribution in [2.75, 3.05) is 6.54 Å². The highest BCUT2D eigenvalue weighted by Crippen LogP contribution is 2.37. The van der Waals surface area contributed by atoms with Crippen LogP contribution < -0.4 is 5.32 Å². The van der Waals surface area contributed by atoms with E-state index in [1.807, 2.05) is 0 Å². The minimum Gasteiger partial charge on any atom is -0.480 e. The van der Waals surface area contributed by atoms with E-state index in [9.17, 15) is 40.7 Å². The van der Waals surface area contributed by atoms with E-state index in [0.717, 1.165) is 0 Å². The van der Waals surface area contributed by atoms with Crippen molar-refractivity contribution >= 4 is 17.8 Å². The Morgan fingerprint density at radius 3 is 2.00 bits per heavy atom. The van der Waals surface area contributed by atoms with Gasteiger partial charge in [-0.05, 0) is 12.3 Å². The van der Waals surface area contributed by atoms with Crippen molar-refractivity contribution in [2.24, 2.45) is 11.8 Å². The molecule has 6 nitrogen and oxygen atoms in total. The molecule has 1 unspecified atom stereocenters. The molecule has 25 heavy (non-hydrogen) atoms. The second-order valence-corrected chi connectivity index (χ2v) is 6.01. The normalized spacial score (nSPS) is 22.8. The maximum Gasteiger partial charge on any atom is 0.471 e. The number of likely N-dealkylation sites (tertiary alicyclic amines) is 1. The molecule has 144 valence electrons. The zero-order valence-corrected chi connectivity index (χ0v) is 13.1. The number of halogens is 6. The van der Waals surface area contributed by atoms with Crippen LogP contribution in [0.4, 0.5) is 26.3 Å². The Labute approximate surface area is 138 Å². The lowest BCUT2D eigenvalue weighted by Gasteiger charge is -2.29. The average molecular weight is 378 g/mol. The van der Waals surface area contributed by atoms with Gasteiger partial charge in [0.05, 0.1) is 5.92 Å². The molecule has 0 saturated carbocycles. The van der Waals surface area contributed by atoms with Gasteiger partial charge in [0, 0.05) is 6.54 Å². The van der Waals surface area contributed by atoms with Gasteiger partial charge in [0.1, 0.15) is 12.1 Å². The Balaban J connectivity index is 3.06. The molecule has 0 radical (unpaired) electrons. The van der Waals surface area contributed by atoms with Crippen molar-refractivity contribution in [1.29, 1.82) is 0 Å². The standard InChI is InChI=1S/C13H16F6N2O4/c1-5(2)8(20-11(25)13(17,18)19)9(22)21-4-6(12(14,15)16)3-7(21)10(23)24/h5-8H,3-4H2,1-2H3,(H,20,25)(H,23,24)/t6-,7+,8?/m1/s1. The minimum absolute atomic E-state index is 0.363. The first-order valence-corrected chi connectivity index (χ1v) is 7.14. The summed E-state index contributed by atoms with van der Waals surface area (Å²) in [6.07, 6.45) is -11.0. The number of rotatable bonds is 4. The van der Waals surface area contributed by atoms with E-state index in [1.165, 1.54) is 19.2 Å². The third kappa shape index (κ3) is 4.98. The number of carbonyl (C=O) groups excluding carboxylic acids is 2. The highest BCUT2D eigenvalue weighted by Gasteiger charge is 2.52. The van der Waals surface area contributed by atoms with Crippen molar-refractivity contribution in [3.63, 3.8) is 0 Å². The quantitative estimate of drug-likeness (QED) is 0.727. The number of nitrogens with one attached hydrogen (secondary N) is 1. The van der Waals surface area contributed by atoms with Crippen LogP contribution in [0.2, 0.25) is 0 Å². The number of hydrogen-bond donors (Lipinski definition) is 2. The molecule has 0 aromatic rings. The molecule has 0 spiro atoms. The lowest BCUT2D eigenvalue weighted by atomic mass is 10.0. The minimum atomic E-state index is -5.29. The van der Waals surface area contributed by atoms with Crippen molar-refractivity contribution in [3.05, 3.63) is 0 Å². The third-order valence-electron chi connectivity index (χ3n) is 3.81. The molecule has 0 aromatic heterocycles. The molecule has 1 aliphatic heterocycles. The predicted octanol–water partition coefficient (Wildman–Crippen LogP) is 1.55. The van der Waals surface area contributed by atoms with Gasteiger partial charge in [-0.25, -0.2) is 4.79 Å². The van der Waals surface area contributed by atoms with Crippen LogP contribution >= 0.6 is 0 Å². The van der Waals surface area contributed by atoms with Crippen LogP contribution in [0.5, 0.6) is 0 Å². The predicted molar refractivity (Wildman–Crippen MR) is 70.1 cm³/mol. The molecular formula is C13H16F6N2O4. The smallest absolute Gasteiger partial charge is 0.471 e. The summed E-state index contributed by atoms with van der Waals surface area (Å²) in [5.74, 6) is -8.45. The molecule has 0 aromatic carbocycles. The molecule has 1 rings (SSSR count). The highest BCUT2D eigenvalue weighted by molar-refractivity contribution is 5.92. The number of nitrogens with zero attached hydrogens (tertiary/aromatic N) is 1. The molecule has 0 aliphatic carbocycles. The lowest BCUT2D eigenvalue weighted by Crippen LogP contribution is -2.56.